The van der Waals surface area contributed by atoms with Crippen molar-refractivity contribution in [3.8, 4) is 6.07 Å². The van der Waals surface area contributed by atoms with E-state index in [1.165, 1.54) is 4.31 Å². The quantitative estimate of drug-likeness (QED) is 0.478. The lowest BCUT2D eigenvalue weighted by molar-refractivity contribution is 0.0510. The number of amides is 1. The molecule has 0 spiro atoms. The Balaban J connectivity index is 1.42. The summed E-state index contributed by atoms with van der Waals surface area (Å²) in [7, 11) is -2.08. The maximum atomic E-state index is 13.7. The lowest BCUT2D eigenvalue weighted by Gasteiger charge is -2.40. The van der Waals surface area contributed by atoms with Crippen LogP contribution in [0.2, 0.25) is 5.02 Å². The molecule has 5 rings (SSSR count). The Morgan fingerprint density at radius 2 is 2.16 bits per heavy atom. The first kappa shape index (κ1) is 25.7. The van der Waals surface area contributed by atoms with Crippen LogP contribution < -0.4 is 0 Å². The first-order valence-corrected chi connectivity index (χ1v) is 13.8. The largest absolute Gasteiger partial charge is 0.436 e. The van der Waals surface area contributed by atoms with Gasteiger partial charge in [-0.2, -0.15) is 9.57 Å². The number of nitrogens with zero attached hydrogens (tertiary/aromatic N) is 5. The molecule has 2 aliphatic heterocycles. The van der Waals surface area contributed by atoms with Gasteiger partial charge in [0.15, 0.2) is 5.03 Å². The Kier molecular flexibility index (Phi) is 6.99. The van der Waals surface area contributed by atoms with Crippen LogP contribution in [0.5, 0.6) is 0 Å². The summed E-state index contributed by atoms with van der Waals surface area (Å²) in [5, 5.41) is 20.0. The van der Waals surface area contributed by atoms with Crippen LogP contribution in [-0.2, 0) is 29.6 Å². The zero-order chi connectivity index (χ0) is 26.3. The Morgan fingerprint density at radius 1 is 1.35 bits per heavy atom. The molecule has 1 atom stereocenters. The number of fused-ring (bicyclic) bond motifs is 2. The molecule has 2 aromatic heterocycles. The minimum atomic E-state index is -4.05. The normalized spacial score (nSPS) is 19.2. The van der Waals surface area contributed by atoms with E-state index in [0.717, 1.165) is 12.2 Å². The monoisotopic (exact) mass is 546 g/mol. The first-order valence-electron chi connectivity index (χ1n) is 12.0. The lowest BCUT2D eigenvalue weighted by atomic mass is 10.1. The second kappa shape index (κ2) is 10.1. The molecule has 196 valence electrons. The average Bonchev–Trinajstić information content (AvgIpc) is 3.47. The van der Waals surface area contributed by atoms with E-state index in [1.54, 1.807) is 23.1 Å². The van der Waals surface area contributed by atoms with Crippen molar-refractivity contribution in [3.63, 3.8) is 0 Å². The second-order valence-corrected chi connectivity index (χ2v) is 11.7. The van der Waals surface area contributed by atoms with Crippen LogP contribution >= 0.6 is 11.6 Å². The van der Waals surface area contributed by atoms with Gasteiger partial charge in [0.05, 0.1) is 24.9 Å². The van der Waals surface area contributed by atoms with Crippen LogP contribution in [0.1, 0.15) is 40.5 Å². The molecule has 1 fully saturated rings. The van der Waals surface area contributed by atoms with Gasteiger partial charge in [0, 0.05) is 66.6 Å². The van der Waals surface area contributed by atoms with E-state index >= 15 is 0 Å². The van der Waals surface area contributed by atoms with E-state index in [9.17, 15) is 23.6 Å². The third-order valence-corrected chi connectivity index (χ3v) is 9.10. The molecule has 37 heavy (non-hydrogen) atoms. The molecule has 0 radical (unpaired) electrons. The molecule has 2 N–H and O–H groups in total. The number of aromatic amines is 1. The molecule has 1 unspecified atom stereocenters. The molecule has 3 aromatic rings. The van der Waals surface area contributed by atoms with E-state index in [2.05, 4.69) is 20.9 Å². The number of carbonyl (C=O) groups excluding carboxylic acids is 1. The maximum absolute atomic E-state index is 13.7. The van der Waals surface area contributed by atoms with Gasteiger partial charge in [-0.3, -0.25) is 9.69 Å². The number of oxazole rings is 1. The van der Waals surface area contributed by atoms with Gasteiger partial charge in [-0.1, -0.05) is 11.6 Å². The second-order valence-electron chi connectivity index (χ2n) is 9.37. The number of aromatic nitrogens is 2. The van der Waals surface area contributed by atoms with Crippen LogP contribution in [0.3, 0.4) is 0 Å². The maximum Gasteiger partial charge on any atom is 0.310 e. The highest BCUT2D eigenvalue weighted by Gasteiger charge is 2.39. The number of nitriles is 1. The molecule has 11 nitrogen and oxygen atoms in total. The molecule has 1 aromatic carbocycles. The number of piperazine rings is 1. The Morgan fingerprint density at radius 3 is 2.92 bits per heavy atom. The standard InChI is InChI=1S/C24H27ClN6O5S/c1-29-8-6-20-21(13-29)36-22(27-20)24(33)31-10-9-30(12-16(31)3-2-7-26)37(34,35)23-18(14-32)17-11-15(25)4-5-19(17)28-23/h4-5,11,16,28,32H,2-3,6,8-10,12-14H2,1H3. The van der Waals surface area contributed by atoms with Gasteiger partial charge in [-0.25, -0.2) is 13.4 Å². The number of nitrogens with one attached hydrogen (secondary N) is 1. The number of H-pyrrole nitrogens is 1. The number of rotatable bonds is 6. The van der Waals surface area contributed by atoms with Crippen molar-refractivity contribution in [2.75, 3.05) is 33.2 Å². The van der Waals surface area contributed by atoms with Crippen LogP contribution in [0.4, 0.5) is 0 Å². The average molecular weight is 547 g/mol. The van der Waals surface area contributed by atoms with Crippen LogP contribution in [0, 0.1) is 11.3 Å². The fourth-order valence-corrected chi connectivity index (χ4v) is 6.88. The summed E-state index contributed by atoms with van der Waals surface area (Å²) in [5.74, 6) is 0.254. The summed E-state index contributed by atoms with van der Waals surface area (Å²) in [6.07, 6.45) is 1.14. The molecular weight excluding hydrogens is 520 g/mol. The Bertz CT molecular complexity index is 1490. The Labute approximate surface area is 219 Å². The lowest BCUT2D eigenvalue weighted by Crippen LogP contribution is -2.56. The van der Waals surface area contributed by atoms with Crippen LogP contribution in [0.25, 0.3) is 10.9 Å². The number of hydrogen-bond donors (Lipinski definition) is 2. The summed E-state index contributed by atoms with van der Waals surface area (Å²) in [4.78, 5) is 24.4. The van der Waals surface area contributed by atoms with E-state index in [1.807, 2.05) is 7.05 Å². The number of aliphatic hydroxyl groups excluding tert-OH is 1. The predicted octanol–water partition coefficient (Wildman–Crippen LogP) is 2.11. The number of sulfonamides is 1. The fraction of sp³-hybridized carbons (Fsp3) is 0.458. The van der Waals surface area contributed by atoms with Crippen molar-refractivity contribution in [2.24, 2.45) is 0 Å². The first-order chi connectivity index (χ1) is 17.7. The number of halogens is 1. The van der Waals surface area contributed by atoms with Gasteiger partial charge < -0.3 is 19.4 Å². The third-order valence-electron chi connectivity index (χ3n) is 6.99. The molecule has 1 saturated heterocycles. The minimum Gasteiger partial charge on any atom is -0.436 e. The number of benzene rings is 1. The molecule has 0 bridgehead atoms. The van der Waals surface area contributed by atoms with Crippen LogP contribution in [0.15, 0.2) is 27.6 Å². The van der Waals surface area contributed by atoms with E-state index in [4.69, 9.17) is 16.0 Å². The molecule has 0 aliphatic carbocycles. The number of carbonyl (C=O) groups is 1. The Hall–Kier alpha value is -2.95. The summed E-state index contributed by atoms with van der Waals surface area (Å²) in [5.41, 5.74) is 1.55. The highest BCUT2D eigenvalue weighted by atomic mass is 35.5. The summed E-state index contributed by atoms with van der Waals surface area (Å²) >= 11 is 6.09. The highest BCUT2D eigenvalue weighted by molar-refractivity contribution is 7.89. The zero-order valence-electron chi connectivity index (χ0n) is 20.3. The molecule has 4 heterocycles. The van der Waals surface area contributed by atoms with Crippen LogP contribution in [-0.4, -0.2) is 82.8 Å². The van der Waals surface area contributed by atoms with Gasteiger partial charge in [0.2, 0.25) is 0 Å². The molecule has 1 amide bonds. The number of aliphatic hydroxyl groups is 1. The summed E-state index contributed by atoms with van der Waals surface area (Å²) < 4.78 is 34.5. The topological polar surface area (TPSA) is 147 Å². The van der Waals surface area contributed by atoms with E-state index < -0.39 is 28.6 Å². The predicted molar refractivity (Wildman–Crippen MR) is 134 cm³/mol. The number of likely N-dealkylation sites (N-methyl/N-ethyl adjacent to an activating group) is 1. The van der Waals surface area contributed by atoms with Crippen molar-refractivity contribution in [1.82, 2.24) is 24.1 Å². The summed E-state index contributed by atoms with van der Waals surface area (Å²) in [6, 6.07) is 6.45. The van der Waals surface area contributed by atoms with Crippen molar-refractivity contribution in [2.45, 2.75) is 43.5 Å². The van der Waals surface area contributed by atoms with Gasteiger partial charge in [0.1, 0.15) is 5.76 Å². The van der Waals surface area contributed by atoms with E-state index in [0.29, 0.717) is 41.1 Å². The van der Waals surface area contributed by atoms with Crippen molar-refractivity contribution in [3.05, 3.63) is 46.1 Å². The van der Waals surface area contributed by atoms with E-state index in [-0.39, 0.29) is 42.5 Å². The van der Waals surface area contributed by atoms with Crippen molar-refractivity contribution >= 4 is 38.4 Å². The molecule has 13 heteroatoms. The summed E-state index contributed by atoms with van der Waals surface area (Å²) in [6.45, 7) is 1.06. The van der Waals surface area contributed by atoms with Gasteiger partial charge >= 0.3 is 5.91 Å². The van der Waals surface area contributed by atoms with Gasteiger partial charge in [-0.15, -0.1) is 0 Å². The van der Waals surface area contributed by atoms with Crippen molar-refractivity contribution < 1.29 is 22.7 Å². The smallest absolute Gasteiger partial charge is 0.310 e. The third kappa shape index (κ3) is 4.73. The highest BCUT2D eigenvalue weighted by Crippen LogP contribution is 2.32. The molecule has 2 aliphatic rings. The van der Waals surface area contributed by atoms with Gasteiger partial charge in [0.25, 0.3) is 15.9 Å². The number of hydrogen-bond acceptors (Lipinski definition) is 8. The zero-order valence-corrected chi connectivity index (χ0v) is 21.8. The molecule has 0 saturated carbocycles. The minimum absolute atomic E-state index is 0.0000953. The van der Waals surface area contributed by atoms with Crippen molar-refractivity contribution in [1.29, 1.82) is 5.26 Å². The molecular formula is C24H27ClN6O5S. The fourth-order valence-electron chi connectivity index (χ4n) is 5.03. The van der Waals surface area contributed by atoms with Gasteiger partial charge in [-0.05, 0) is 31.7 Å². The SMILES string of the molecule is CN1CCc2nc(C(=O)N3CCN(S(=O)(=O)c4[nH]c5ccc(Cl)cc5c4CO)CC3CCC#N)oc2C1.